The topological polar surface area (TPSA) is 44.3 Å². The van der Waals surface area contributed by atoms with E-state index in [4.69, 9.17) is 5.11 Å². The fourth-order valence-corrected chi connectivity index (χ4v) is 4.99. The summed E-state index contributed by atoms with van der Waals surface area (Å²) in [6, 6.07) is 0.329. The van der Waals surface area contributed by atoms with Crippen LogP contribution in [0.15, 0.2) is 48.4 Å². The molecule has 2 aliphatic carbocycles. The van der Waals surface area contributed by atoms with Crippen LogP contribution < -0.4 is 10.6 Å². The van der Waals surface area contributed by atoms with Crippen LogP contribution in [0.4, 0.5) is 0 Å². The van der Waals surface area contributed by atoms with E-state index in [0.717, 1.165) is 19.1 Å². The summed E-state index contributed by atoms with van der Waals surface area (Å²) in [7, 11) is 2.00. The molecule has 0 saturated heterocycles. The molecule has 1 saturated carbocycles. The van der Waals surface area contributed by atoms with Crippen LogP contribution in [0.2, 0.25) is 0 Å². The summed E-state index contributed by atoms with van der Waals surface area (Å²) in [5.74, 6) is 0. The van der Waals surface area contributed by atoms with Crippen molar-refractivity contribution in [3.8, 4) is 0 Å². The van der Waals surface area contributed by atoms with Crippen molar-refractivity contribution in [3.63, 3.8) is 0 Å². The van der Waals surface area contributed by atoms with Crippen molar-refractivity contribution < 1.29 is 5.11 Å². The quantitative estimate of drug-likeness (QED) is 0.408. The van der Waals surface area contributed by atoms with Crippen LogP contribution in [0.25, 0.3) is 0 Å². The van der Waals surface area contributed by atoms with Crippen molar-refractivity contribution >= 4 is 0 Å². The highest BCUT2D eigenvalue weighted by molar-refractivity contribution is 5.31. The third kappa shape index (κ3) is 2.63. The minimum atomic E-state index is 0.0935. The molecule has 3 aliphatic rings. The second-order valence-electron chi connectivity index (χ2n) is 8.15. The smallest absolute Gasteiger partial charge is 0.0792 e. The molecule has 0 bridgehead atoms. The van der Waals surface area contributed by atoms with Crippen molar-refractivity contribution in [2.24, 2.45) is 10.8 Å². The largest absolute Gasteiger partial charge is 0.516 e. The Bertz CT molecular complexity index is 583. The minimum absolute atomic E-state index is 0.0935. The van der Waals surface area contributed by atoms with Gasteiger partial charge in [-0.25, -0.2) is 0 Å². The van der Waals surface area contributed by atoms with Crippen LogP contribution in [-0.2, 0) is 0 Å². The monoisotopic (exact) mass is 328 g/mol. The van der Waals surface area contributed by atoms with Gasteiger partial charge in [0.05, 0.1) is 6.26 Å². The first-order valence-electron chi connectivity index (χ1n) is 9.31. The van der Waals surface area contributed by atoms with Gasteiger partial charge in [-0.15, -0.1) is 0 Å². The van der Waals surface area contributed by atoms with E-state index in [9.17, 15) is 0 Å². The zero-order chi connectivity index (χ0) is 17.3. The van der Waals surface area contributed by atoms with Gasteiger partial charge in [0.1, 0.15) is 0 Å². The Kier molecular flexibility index (Phi) is 4.65. The summed E-state index contributed by atoms with van der Waals surface area (Å²) in [6.07, 6.45) is 21.5. The molecule has 0 aromatic carbocycles. The first-order chi connectivity index (χ1) is 11.5. The highest BCUT2D eigenvalue weighted by atomic mass is 16.2. The number of aliphatic hydroxyl groups is 1. The van der Waals surface area contributed by atoms with E-state index in [-0.39, 0.29) is 16.4 Å². The van der Waals surface area contributed by atoms with Crippen molar-refractivity contribution in [2.75, 3.05) is 7.05 Å². The zero-order valence-corrected chi connectivity index (χ0v) is 15.3. The zero-order valence-electron chi connectivity index (χ0n) is 15.3. The highest BCUT2D eigenvalue weighted by Gasteiger charge is 2.52. The van der Waals surface area contributed by atoms with E-state index in [1.807, 2.05) is 13.1 Å². The number of nitrogens with one attached hydrogen (secondary N) is 2. The minimum Gasteiger partial charge on any atom is -0.516 e. The first-order valence-corrected chi connectivity index (χ1v) is 9.31. The molecule has 1 heterocycles. The molecule has 3 rings (SSSR count). The molecule has 0 amide bonds. The third-order valence-electron chi connectivity index (χ3n) is 6.87. The number of fused-ring (bicyclic) bond motifs is 1. The van der Waals surface area contributed by atoms with E-state index >= 15 is 0 Å². The van der Waals surface area contributed by atoms with E-state index < -0.39 is 0 Å². The SMILES string of the molecule is CN/C(=C\C=C/O)C1(C2C=CC3(C)CC=CCC3(C)N2)CCCC1. The maximum Gasteiger partial charge on any atom is 0.0792 e. The van der Waals surface area contributed by atoms with Crippen LogP contribution in [0, 0.1) is 10.8 Å². The summed E-state index contributed by atoms with van der Waals surface area (Å²) in [4.78, 5) is 0. The number of aliphatic hydroxyl groups excluding tert-OH is 1. The average molecular weight is 329 g/mol. The van der Waals surface area contributed by atoms with Crippen molar-refractivity contribution in [2.45, 2.75) is 64.0 Å². The van der Waals surface area contributed by atoms with Crippen molar-refractivity contribution in [3.05, 3.63) is 48.4 Å². The molecule has 3 unspecified atom stereocenters. The van der Waals surface area contributed by atoms with Gasteiger partial charge in [-0.1, -0.05) is 44.1 Å². The molecule has 1 fully saturated rings. The Balaban J connectivity index is 1.98. The molecule has 24 heavy (non-hydrogen) atoms. The van der Waals surface area contributed by atoms with Crippen LogP contribution >= 0.6 is 0 Å². The van der Waals surface area contributed by atoms with Gasteiger partial charge in [0.25, 0.3) is 0 Å². The maximum atomic E-state index is 9.09. The predicted molar refractivity (Wildman–Crippen MR) is 101 cm³/mol. The lowest BCUT2D eigenvalue weighted by Gasteiger charge is -2.55. The Hall–Kier alpha value is -1.48. The number of allylic oxidation sites excluding steroid dienone is 3. The Labute approximate surface area is 146 Å². The first kappa shape index (κ1) is 17.3. The lowest BCUT2D eigenvalue weighted by molar-refractivity contribution is 0.102. The maximum absolute atomic E-state index is 9.09. The Morgan fingerprint density at radius 3 is 2.58 bits per heavy atom. The normalized spacial score (nSPS) is 38.5. The molecular weight excluding hydrogens is 296 g/mol. The fraction of sp³-hybridized carbons (Fsp3) is 0.619. The van der Waals surface area contributed by atoms with Crippen LogP contribution in [0.3, 0.4) is 0 Å². The molecule has 1 aliphatic heterocycles. The number of hydrogen-bond donors (Lipinski definition) is 3. The second kappa shape index (κ2) is 6.44. The average Bonchev–Trinajstić information content (AvgIpc) is 3.06. The number of rotatable bonds is 4. The molecule has 0 spiro atoms. The third-order valence-corrected chi connectivity index (χ3v) is 6.87. The predicted octanol–water partition coefficient (Wildman–Crippen LogP) is 4.36. The van der Waals surface area contributed by atoms with Gasteiger partial charge in [0, 0.05) is 35.2 Å². The molecule has 0 aromatic rings. The molecule has 0 aromatic heterocycles. The highest BCUT2D eigenvalue weighted by Crippen LogP contribution is 2.52. The molecule has 3 heteroatoms. The molecule has 3 atom stereocenters. The van der Waals surface area contributed by atoms with Gasteiger partial charge in [-0.2, -0.15) is 0 Å². The number of hydrogen-bond acceptors (Lipinski definition) is 3. The van der Waals surface area contributed by atoms with Gasteiger partial charge in [0.2, 0.25) is 0 Å². The summed E-state index contributed by atoms with van der Waals surface area (Å²) < 4.78 is 0. The van der Waals surface area contributed by atoms with Gasteiger partial charge in [-0.3, -0.25) is 0 Å². The molecule has 3 N–H and O–H groups in total. The van der Waals surface area contributed by atoms with Crippen LogP contribution in [0.5, 0.6) is 0 Å². The summed E-state index contributed by atoms with van der Waals surface area (Å²) in [5.41, 5.74) is 1.61. The van der Waals surface area contributed by atoms with E-state index in [0.29, 0.717) is 6.04 Å². The summed E-state index contributed by atoms with van der Waals surface area (Å²) in [6.45, 7) is 4.76. The van der Waals surface area contributed by atoms with E-state index in [2.05, 4.69) is 48.8 Å². The van der Waals surface area contributed by atoms with Gasteiger partial charge >= 0.3 is 0 Å². The summed E-state index contributed by atoms with van der Waals surface area (Å²) in [5, 5.41) is 16.5. The van der Waals surface area contributed by atoms with Gasteiger partial charge < -0.3 is 15.7 Å². The van der Waals surface area contributed by atoms with Crippen LogP contribution in [0.1, 0.15) is 52.4 Å². The van der Waals surface area contributed by atoms with Crippen molar-refractivity contribution in [1.82, 2.24) is 10.6 Å². The van der Waals surface area contributed by atoms with E-state index in [1.165, 1.54) is 31.4 Å². The van der Waals surface area contributed by atoms with Gasteiger partial charge in [0.15, 0.2) is 0 Å². The second-order valence-corrected chi connectivity index (χ2v) is 8.15. The van der Waals surface area contributed by atoms with Crippen molar-refractivity contribution in [1.29, 1.82) is 0 Å². The molecule has 132 valence electrons. The van der Waals surface area contributed by atoms with Crippen LogP contribution in [-0.4, -0.2) is 23.7 Å². The molecule has 3 nitrogen and oxygen atoms in total. The van der Waals surface area contributed by atoms with E-state index in [1.54, 1.807) is 6.08 Å². The lowest BCUT2D eigenvalue weighted by atomic mass is 9.60. The standard InChI is InChI=1S/C21H32N2O/c1-19-11-4-5-12-20(19,2)23-18(10-15-19)21(13-6-7-14-21)17(22-3)9-8-16-24/h4-5,8-10,15-16,18,22-24H,6-7,11-14H2,1-3H3/b16-8-,17-9-. The molecule has 0 radical (unpaired) electrons. The lowest BCUT2D eigenvalue weighted by Crippen LogP contribution is -2.64. The summed E-state index contributed by atoms with van der Waals surface area (Å²) >= 11 is 0. The molecular formula is C21H32N2O. The fourth-order valence-electron chi connectivity index (χ4n) is 4.99. The Morgan fingerprint density at radius 2 is 1.92 bits per heavy atom. The van der Waals surface area contributed by atoms with Gasteiger partial charge in [-0.05, 0) is 44.8 Å². The Morgan fingerprint density at radius 1 is 1.21 bits per heavy atom.